The van der Waals surface area contributed by atoms with E-state index in [0.29, 0.717) is 0 Å². The molecule has 1 aromatic carbocycles. The lowest BCUT2D eigenvalue weighted by Crippen LogP contribution is -2.07. The molecule has 1 heterocycles. The Hall–Kier alpha value is -2.09. The fraction of sp³-hybridized carbons (Fsp3) is 0. The van der Waals surface area contributed by atoms with Crippen LogP contribution in [0.3, 0.4) is 0 Å². The molecule has 0 saturated heterocycles. The average molecular weight is 347 g/mol. The van der Waals surface area contributed by atoms with Crippen molar-refractivity contribution in [2.45, 2.75) is 0 Å². The van der Waals surface area contributed by atoms with Crippen molar-refractivity contribution in [3.8, 4) is 0 Å². The number of rotatable bonds is 3. The van der Waals surface area contributed by atoms with Gasteiger partial charge in [0.1, 0.15) is 11.3 Å². The van der Waals surface area contributed by atoms with Gasteiger partial charge in [-0.25, -0.2) is 22.9 Å². The van der Waals surface area contributed by atoms with E-state index in [-0.39, 0.29) is 4.47 Å². The number of carboxylic acid groups (broad SMARTS) is 1. The van der Waals surface area contributed by atoms with Gasteiger partial charge >= 0.3 is 5.97 Å². The second kappa shape index (κ2) is 5.49. The standard InChI is InChI=1S/C12H6BrF3N2O2/c13-5-3-7(14)10(8(15)4-5)18-11-9(16)6(12(19)20)1-2-17-11/h1-4H,(H,17,18)(H,19,20). The highest BCUT2D eigenvalue weighted by molar-refractivity contribution is 9.10. The summed E-state index contributed by atoms with van der Waals surface area (Å²) in [5, 5.41) is 10.9. The number of hydrogen-bond acceptors (Lipinski definition) is 3. The van der Waals surface area contributed by atoms with Crippen molar-refractivity contribution in [3.05, 3.63) is 51.9 Å². The van der Waals surface area contributed by atoms with Crippen molar-refractivity contribution < 1.29 is 23.1 Å². The molecule has 0 spiro atoms. The van der Waals surface area contributed by atoms with Gasteiger partial charge in [-0.1, -0.05) is 15.9 Å². The highest BCUT2D eigenvalue weighted by Gasteiger charge is 2.18. The van der Waals surface area contributed by atoms with Gasteiger partial charge in [-0.3, -0.25) is 0 Å². The second-order valence-corrected chi connectivity index (χ2v) is 4.61. The molecule has 0 aliphatic carbocycles. The second-order valence-electron chi connectivity index (χ2n) is 3.70. The molecule has 0 radical (unpaired) electrons. The minimum absolute atomic E-state index is 0.172. The van der Waals surface area contributed by atoms with Crippen LogP contribution in [-0.4, -0.2) is 16.1 Å². The zero-order chi connectivity index (χ0) is 14.9. The summed E-state index contributed by atoms with van der Waals surface area (Å²) >= 11 is 2.90. The van der Waals surface area contributed by atoms with Gasteiger partial charge in [0.05, 0.1) is 0 Å². The molecule has 2 rings (SSSR count). The molecule has 0 aliphatic heterocycles. The minimum atomic E-state index is -1.51. The van der Waals surface area contributed by atoms with Crippen molar-refractivity contribution in [1.82, 2.24) is 4.98 Å². The fourth-order valence-electron chi connectivity index (χ4n) is 1.48. The van der Waals surface area contributed by atoms with Crippen LogP contribution in [0.1, 0.15) is 10.4 Å². The van der Waals surface area contributed by atoms with Crippen LogP contribution in [0.25, 0.3) is 0 Å². The molecule has 0 amide bonds. The monoisotopic (exact) mass is 346 g/mol. The lowest BCUT2D eigenvalue weighted by Gasteiger charge is -2.10. The number of anilines is 2. The van der Waals surface area contributed by atoms with Crippen LogP contribution in [0.4, 0.5) is 24.7 Å². The lowest BCUT2D eigenvalue weighted by molar-refractivity contribution is 0.0692. The van der Waals surface area contributed by atoms with E-state index in [1.807, 2.05) is 0 Å². The Morgan fingerprint density at radius 2 is 1.85 bits per heavy atom. The summed E-state index contributed by atoms with van der Waals surface area (Å²) < 4.78 is 41.1. The molecule has 20 heavy (non-hydrogen) atoms. The maximum Gasteiger partial charge on any atom is 0.338 e. The van der Waals surface area contributed by atoms with Crippen molar-refractivity contribution >= 4 is 33.4 Å². The largest absolute Gasteiger partial charge is 0.478 e. The number of halogens is 4. The molecule has 0 fully saturated rings. The van der Waals surface area contributed by atoms with Crippen LogP contribution in [0.5, 0.6) is 0 Å². The minimum Gasteiger partial charge on any atom is -0.478 e. The third-order valence-corrected chi connectivity index (χ3v) is 2.83. The maximum absolute atomic E-state index is 13.8. The SMILES string of the molecule is O=C(O)c1ccnc(Nc2c(F)cc(Br)cc2F)c1F. The Morgan fingerprint density at radius 3 is 2.40 bits per heavy atom. The zero-order valence-corrected chi connectivity index (χ0v) is 11.2. The number of aromatic nitrogens is 1. The lowest BCUT2D eigenvalue weighted by atomic mass is 10.2. The summed E-state index contributed by atoms with van der Waals surface area (Å²) in [4.78, 5) is 14.3. The Morgan fingerprint density at radius 1 is 1.25 bits per heavy atom. The Balaban J connectivity index is 2.46. The molecule has 4 nitrogen and oxygen atoms in total. The first-order valence-electron chi connectivity index (χ1n) is 5.19. The van der Waals surface area contributed by atoms with Crippen molar-refractivity contribution in [1.29, 1.82) is 0 Å². The van der Waals surface area contributed by atoms with Gasteiger partial charge in [-0.2, -0.15) is 0 Å². The number of nitrogens with zero attached hydrogens (tertiary/aromatic N) is 1. The van der Waals surface area contributed by atoms with E-state index < -0.39 is 40.5 Å². The number of carboxylic acids is 1. The van der Waals surface area contributed by atoms with Crippen LogP contribution < -0.4 is 5.32 Å². The summed E-state index contributed by atoms with van der Waals surface area (Å²) in [5.41, 5.74) is -1.28. The number of carbonyl (C=O) groups is 1. The zero-order valence-electron chi connectivity index (χ0n) is 9.62. The molecule has 0 bridgehead atoms. The smallest absolute Gasteiger partial charge is 0.338 e. The van der Waals surface area contributed by atoms with Gasteiger partial charge in [-0.15, -0.1) is 0 Å². The van der Waals surface area contributed by atoms with Crippen molar-refractivity contribution in [3.63, 3.8) is 0 Å². The highest BCUT2D eigenvalue weighted by atomic mass is 79.9. The predicted octanol–water partition coefficient (Wildman–Crippen LogP) is 3.70. The van der Waals surface area contributed by atoms with Crippen molar-refractivity contribution in [2.24, 2.45) is 0 Å². The number of hydrogen-bond donors (Lipinski definition) is 2. The Labute approximate surface area is 119 Å². The summed E-state index contributed by atoms with van der Waals surface area (Å²) in [5.74, 6) is -5.24. The third kappa shape index (κ3) is 2.74. The summed E-state index contributed by atoms with van der Waals surface area (Å²) in [7, 11) is 0. The van der Waals surface area contributed by atoms with Crippen molar-refractivity contribution in [2.75, 3.05) is 5.32 Å². The normalized spacial score (nSPS) is 10.4. The molecule has 0 saturated carbocycles. The van der Waals surface area contributed by atoms with Crippen LogP contribution in [0.2, 0.25) is 0 Å². The van der Waals surface area contributed by atoms with E-state index in [9.17, 15) is 18.0 Å². The molecule has 104 valence electrons. The molecule has 2 N–H and O–H groups in total. The average Bonchev–Trinajstić information content (AvgIpc) is 2.35. The van der Waals surface area contributed by atoms with E-state index in [2.05, 4.69) is 26.2 Å². The van der Waals surface area contributed by atoms with Gasteiger partial charge in [0.25, 0.3) is 0 Å². The van der Waals surface area contributed by atoms with Crippen LogP contribution in [0.15, 0.2) is 28.9 Å². The van der Waals surface area contributed by atoms with E-state index in [1.165, 1.54) is 0 Å². The van der Waals surface area contributed by atoms with Crippen LogP contribution in [-0.2, 0) is 0 Å². The van der Waals surface area contributed by atoms with E-state index in [0.717, 1.165) is 24.4 Å². The van der Waals surface area contributed by atoms with E-state index in [4.69, 9.17) is 5.11 Å². The van der Waals surface area contributed by atoms with Gasteiger partial charge in [0.2, 0.25) is 0 Å². The summed E-state index contributed by atoms with van der Waals surface area (Å²) in [6.45, 7) is 0. The summed E-state index contributed by atoms with van der Waals surface area (Å²) in [6, 6.07) is 2.89. The molecular weight excluding hydrogens is 341 g/mol. The van der Waals surface area contributed by atoms with Gasteiger partial charge in [-0.05, 0) is 18.2 Å². The van der Waals surface area contributed by atoms with Crippen LogP contribution >= 0.6 is 15.9 Å². The first-order chi connectivity index (χ1) is 9.40. The quantitative estimate of drug-likeness (QED) is 0.889. The molecule has 0 atom stereocenters. The number of benzene rings is 1. The number of nitrogens with one attached hydrogen (secondary N) is 1. The first-order valence-corrected chi connectivity index (χ1v) is 5.99. The van der Waals surface area contributed by atoms with Crippen LogP contribution in [0, 0.1) is 17.5 Å². The number of pyridine rings is 1. The Kier molecular flexibility index (Phi) is 3.93. The van der Waals surface area contributed by atoms with E-state index in [1.54, 1.807) is 0 Å². The third-order valence-electron chi connectivity index (χ3n) is 2.37. The summed E-state index contributed by atoms with van der Waals surface area (Å²) in [6.07, 6.45) is 1.02. The molecule has 0 unspecified atom stereocenters. The maximum atomic E-state index is 13.8. The molecule has 1 aromatic heterocycles. The van der Waals surface area contributed by atoms with E-state index >= 15 is 0 Å². The first kappa shape index (κ1) is 14.3. The predicted molar refractivity (Wildman–Crippen MR) is 68.5 cm³/mol. The molecular formula is C12H6BrF3N2O2. The van der Waals surface area contributed by atoms with Gasteiger partial charge in [0, 0.05) is 10.7 Å². The molecule has 8 heteroatoms. The molecule has 2 aromatic rings. The Bertz CT molecular complexity index is 671. The molecule has 0 aliphatic rings. The van der Waals surface area contributed by atoms with Gasteiger partial charge < -0.3 is 10.4 Å². The topological polar surface area (TPSA) is 62.2 Å². The van der Waals surface area contributed by atoms with Gasteiger partial charge in [0.15, 0.2) is 23.3 Å². The number of aromatic carboxylic acids is 1. The highest BCUT2D eigenvalue weighted by Crippen LogP contribution is 2.27. The fourth-order valence-corrected chi connectivity index (χ4v) is 1.88.